The van der Waals surface area contributed by atoms with E-state index in [-0.39, 0.29) is 5.91 Å². The Bertz CT molecular complexity index is 349. The highest BCUT2D eigenvalue weighted by atomic mass is 79.9. The summed E-state index contributed by atoms with van der Waals surface area (Å²) < 4.78 is 2.86. The fourth-order valence-electron chi connectivity index (χ4n) is 1.46. The highest BCUT2D eigenvalue weighted by molar-refractivity contribution is 9.10. The molecule has 1 rings (SSSR count). The fourth-order valence-corrected chi connectivity index (χ4v) is 1.92. The summed E-state index contributed by atoms with van der Waals surface area (Å²) in [5, 5.41) is 6.04. The molecule has 0 saturated carbocycles. The van der Waals surface area contributed by atoms with E-state index in [4.69, 9.17) is 0 Å². The van der Waals surface area contributed by atoms with Crippen LogP contribution in [0.4, 0.5) is 0 Å². The zero-order chi connectivity index (χ0) is 12.0. The highest BCUT2D eigenvalue weighted by Crippen LogP contribution is 2.14. The van der Waals surface area contributed by atoms with E-state index in [0.29, 0.717) is 12.2 Å². The van der Waals surface area contributed by atoms with Crippen LogP contribution in [0.1, 0.15) is 24.3 Å². The number of halogens is 1. The summed E-state index contributed by atoms with van der Waals surface area (Å²) in [6.45, 7) is 7.23. The van der Waals surface area contributed by atoms with Gasteiger partial charge in [0.15, 0.2) is 0 Å². The van der Waals surface area contributed by atoms with Crippen LogP contribution >= 0.6 is 15.9 Å². The number of nitrogens with one attached hydrogen (secondary N) is 2. The van der Waals surface area contributed by atoms with Gasteiger partial charge in [-0.15, -0.1) is 0 Å². The van der Waals surface area contributed by atoms with Gasteiger partial charge in [0.25, 0.3) is 5.91 Å². The summed E-state index contributed by atoms with van der Waals surface area (Å²) >= 11 is 3.37. The average Bonchev–Trinajstić information content (AvgIpc) is 2.65. The first-order valence-electron chi connectivity index (χ1n) is 5.53. The Morgan fingerprint density at radius 3 is 2.81 bits per heavy atom. The predicted octanol–water partition coefficient (Wildman–Crippen LogP) is 1.61. The summed E-state index contributed by atoms with van der Waals surface area (Å²) in [5.74, 6) is -0.0227. The minimum absolute atomic E-state index is 0.0227. The van der Waals surface area contributed by atoms with Crippen molar-refractivity contribution in [3.8, 4) is 0 Å². The smallest absolute Gasteiger partial charge is 0.267 e. The van der Waals surface area contributed by atoms with E-state index in [1.54, 1.807) is 0 Å². The molecular formula is C11H18BrN3O. The van der Waals surface area contributed by atoms with E-state index in [2.05, 4.69) is 26.6 Å². The van der Waals surface area contributed by atoms with Crippen molar-refractivity contribution < 1.29 is 4.79 Å². The standard InChI is InChI=1S/C11H18BrN3O/c1-3-13-5-6-14-11(16)10-7-9(12)8-15(10)4-2/h7-8,13H,3-6H2,1-2H3,(H,14,16). The largest absolute Gasteiger partial charge is 0.349 e. The topological polar surface area (TPSA) is 46.1 Å². The molecule has 0 aliphatic heterocycles. The number of amides is 1. The predicted molar refractivity (Wildman–Crippen MR) is 68.7 cm³/mol. The van der Waals surface area contributed by atoms with Crippen LogP contribution in [0.15, 0.2) is 16.7 Å². The molecule has 0 atom stereocenters. The summed E-state index contributed by atoms with van der Waals surface area (Å²) in [5.41, 5.74) is 0.700. The van der Waals surface area contributed by atoms with Gasteiger partial charge in [-0.3, -0.25) is 4.79 Å². The van der Waals surface area contributed by atoms with Crippen molar-refractivity contribution in [2.24, 2.45) is 0 Å². The summed E-state index contributed by atoms with van der Waals surface area (Å²) in [7, 11) is 0. The fraction of sp³-hybridized carbons (Fsp3) is 0.545. The third-order valence-corrected chi connectivity index (χ3v) is 2.71. The molecular weight excluding hydrogens is 270 g/mol. The lowest BCUT2D eigenvalue weighted by Crippen LogP contribution is -2.32. The number of carbonyl (C=O) groups excluding carboxylic acids is 1. The molecule has 4 nitrogen and oxygen atoms in total. The Balaban J connectivity index is 2.51. The second-order valence-corrected chi connectivity index (χ2v) is 4.35. The number of rotatable bonds is 6. The molecule has 0 aromatic carbocycles. The van der Waals surface area contributed by atoms with Gasteiger partial charge in [0.1, 0.15) is 5.69 Å². The number of nitrogens with zero attached hydrogens (tertiary/aromatic N) is 1. The van der Waals surface area contributed by atoms with E-state index in [1.807, 2.05) is 30.7 Å². The molecule has 5 heteroatoms. The van der Waals surface area contributed by atoms with Crippen LogP contribution in [0.25, 0.3) is 0 Å². The second kappa shape index (κ2) is 6.70. The molecule has 0 spiro atoms. The van der Waals surface area contributed by atoms with Gasteiger partial charge < -0.3 is 15.2 Å². The maximum Gasteiger partial charge on any atom is 0.267 e. The van der Waals surface area contributed by atoms with E-state index in [9.17, 15) is 4.79 Å². The van der Waals surface area contributed by atoms with Gasteiger partial charge in [0.2, 0.25) is 0 Å². The summed E-state index contributed by atoms with van der Waals surface area (Å²) in [6.07, 6.45) is 1.92. The van der Waals surface area contributed by atoms with E-state index >= 15 is 0 Å². The molecule has 1 aromatic heterocycles. The lowest BCUT2D eigenvalue weighted by atomic mass is 10.4. The van der Waals surface area contributed by atoms with Crippen LogP contribution in [-0.4, -0.2) is 30.1 Å². The summed E-state index contributed by atoms with van der Waals surface area (Å²) in [6, 6.07) is 1.84. The molecule has 0 radical (unpaired) electrons. The molecule has 0 saturated heterocycles. The van der Waals surface area contributed by atoms with Gasteiger partial charge in [-0.1, -0.05) is 6.92 Å². The van der Waals surface area contributed by atoms with Crippen LogP contribution in [0.5, 0.6) is 0 Å². The third-order valence-electron chi connectivity index (χ3n) is 2.27. The molecule has 0 fully saturated rings. The quantitative estimate of drug-likeness (QED) is 0.781. The minimum atomic E-state index is -0.0227. The van der Waals surface area contributed by atoms with E-state index < -0.39 is 0 Å². The van der Waals surface area contributed by atoms with Gasteiger partial charge in [0, 0.05) is 30.3 Å². The number of hydrogen-bond donors (Lipinski definition) is 2. The van der Waals surface area contributed by atoms with Crippen molar-refractivity contribution in [3.63, 3.8) is 0 Å². The normalized spacial score (nSPS) is 10.4. The SMILES string of the molecule is CCNCCNC(=O)c1cc(Br)cn1CC. The van der Waals surface area contributed by atoms with Crippen molar-refractivity contribution in [1.82, 2.24) is 15.2 Å². The first kappa shape index (κ1) is 13.3. The third kappa shape index (κ3) is 3.64. The molecule has 90 valence electrons. The highest BCUT2D eigenvalue weighted by Gasteiger charge is 2.11. The Morgan fingerprint density at radius 1 is 1.44 bits per heavy atom. The van der Waals surface area contributed by atoms with Crippen LogP contribution < -0.4 is 10.6 Å². The van der Waals surface area contributed by atoms with Crippen LogP contribution in [0, 0.1) is 0 Å². The Morgan fingerprint density at radius 2 is 2.19 bits per heavy atom. The number of carbonyl (C=O) groups is 1. The van der Waals surface area contributed by atoms with Crippen LogP contribution in [0.3, 0.4) is 0 Å². The lowest BCUT2D eigenvalue weighted by molar-refractivity contribution is 0.0945. The maximum atomic E-state index is 11.8. The minimum Gasteiger partial charge on any atom is -0.349 e. The number of aryl methyl sites for hydroxylation is 1. The monoisotopic (exact) mass is 287 g/mol. The molecule has 2 N–H and O–H groups in total. The van der Waals surface area contributed by atoms with Crippen molar-refractivity contribution in [2.75, 3.05) is 19.6 Å². The first-order valence-corrected chi connectivity index (χ1v) is 6.33. The Hall–Kier alpha value is -0.810. The van der Waals surface area contributed by atoms with Crippen molar-refractivity contribution in [1.29, 1.82) is 0 Å². The molecule has 1 heterocycles. The zero-order valence-corrected chi connectivity index (χ0v) is 11.3. The molecule has 1 amide bonds. The molecule has 1 aromatic rings. The maximum absolute atomic E-state index is 11.8. The number of aromatic nitrogens is 1. The van der Waals surface area contributed by atoms with Crippen molar-refractivity contribution >= 4 is 21.8 Å². The zero-order valence-electron chi connectivity index (χ0n) is 9.72. The lowest BCUT2D eigenvalue weighted by Gasteiger charge is -2.07. The molecule has 0 unspecified atom stereocenters. The van der Waals surface area contributed by atoms with Crippen LogP contribution in [-0.2, 0) is 6.54 Å². The van der Waals surface area contributed by atoms with Gasteiger partial charge in [-0.25, -0.2) is 0 Å². The second-order valence-electron chi connectivity index (χ2n) is 3.44. The number of hydrogen-bond acceptors (Lipinski definition) is 2. The molecule has 16 heavy (non-hydrogen) atoms. The Labute approximate surface area is 105 Å². The van der Waals surface area contributed by atoms with Gasteiger partial charge >= 0.3 is 0 Å². The summed E-state index contributed by atoms with van der Waals surface area (Å²) in [4.78, 5) is 11.8. The molecule has 0 bridgehead atoms. The van der Waals surface area contributed by atoms with E-state index in [1.165, 1.54) is 0 Å². The van der Waals surface area contributed by atoms with Gasteiger partial charge in [-0.05, 0) is 35.5 Å². The first-order chi connectivity index (χ1) is 7.69. The average molecular weight is 288 g/mol. The van der Waals surface area contributed by atoms with Gasteiger partial charge in [-0.2, -0.15) is 0 Å². The van der Waals surface area contributed by atoms with E-state index in [0.717, 1.165) is 24.1 Å². The van der Waals surface area contributed by atoms with Crippen LogP contribution in [0.2, 0.25) is 0 Å². The van der Waals surface area contributed by atoms with Crippen molar-refractivity contribution in [3.05, 3.63) is 22.4 Å². The molecule has 0 aliphatic rings. The Kier molecular flexibility index (Phi) is 5.55. The van der Waals surface area contributed by atoms with Crippen molar-refractivity contribution in [2.45, 2.75) is 20.4 Å². The van der Waals surface area contributed by atoms with Gasteiger partial charge in [0.05, 0.1) is 0 Å². The number of likely N-dealkylation sites (N-methyl/N-ethyl adjacent to an activating group) is 1. The molecule has 0 aliphatic carbocycles.